The Morgan fingerprint density at radius 3 is 2.79 bits per heavy atom. The van der Waals surface area contributed by atoms with Gasteiger partial charge in [0.2, 0.25) is 0 Å². The third kappa shape index (κ3) is 9.72. The average molecular weight is 393 g/mol. The number of unbranched alkanes of at least 4 members (excludes halogenated alkanes) is 3. The van der Waals surface area contributed by atoms with E-state index in [1.807, 2.05) is 19.1 Å². The first kappa shape index (κ1) is 23.9. The average Bonchev–Trinajstić information content (AvgIpc) is 2.68. The van der Waals surface area contributed by atoms with E-state index in [-0.39, 0.29) is 23.9 Å². The minimum Gasteiger partial charge on any atom is -0.458 e. The molecule has 0 spiro atoms. The van der Waals surface area contributed by atoms with Crippen LogP contribution in [-0.2, 0) is 19.2 Å². The van der Waals surface area contributed by atoms with Crippen molar-refractivity contribution in [3.8, 4) is 0 Å². The maximum atomic E-state index is 11.5. The van der Waals surface area contributed by atoms with Crippen LogP contribution in [0.15, 0.2) is 34.6 Å². The second-order valence-corrected chi connectivity index (χ2v) is 7.04. The summed E-state index contributed by atoms with van der Waals surface area (Å²) in [4.78, 5) is 21.4. The highest BCUT2D eigenvalue weighted by atomic mass is 16.6. The van der Waals surface area contributed by atoms with Gasteiger partial charge in [-0.3, -0.25) is 4.79 Å². The van der Waals surface area contributed by atoms with E-state index in [2.05, 4.69) is 29.4 Å². The van der Waals surface area contributed by atoms with E-state index in [9.17, 15) is 4.79 Å². The van der Waals surface area contributed by atoms with Crippen molar-refractivity contribution in [1.82, 2.24) is 0 Å². The Morgan fingerprint density at radius 2 is 2.11 bits per heavy atom. The molecule has 0 aliphatic carbocycles. The number of ether oxygens (including phenoxy) is 1. The lowest BCUT2D eigenvalue weighted by Gasteiger charge is -2.22. The van der Waals surface area contributed by atoms with Gasteiger partial charge in [-0.1, -0.05) is 48.3 Å². The quantitative estimate of drug-likeness (QED) is 0.145. The first-order chi connectivity index (χ1) is 13.6. The van der Waals surface area contributed by atoms with Gasteiger partial charge in [-0.2, -0.15) is 0 Å². The molecule has 158 valence electrons. The third-order valence-corrected chi connectivity index (χ3v) is 4.81. The number of cyclic esters (lactones) is 1. The summed E-state index contributed by atoms with van der Waals surface area (Å²) < 4.78 is 5.39. The molecule has 6 heteroatoms. The lowest BCUT2D eigenvalue weighted by Crippen LogP contribution is -2.24. The van der Waals surface area contributed by atoms with Gasteiger partial charge in [0.05, 0.1) is 11.9 Å². The summed E-state index contributed by atoms with van der Waals surface area (Å²) >= 11 is 0. The van der Waals surface area contributed by atoms with Crippen molar-refractivity contribution in [2.45, 2.75) is 71.3 Å². The van der Waals surface area contributed by atoms with Crippen LogP contribution in [0.3, 0.4) is 0 Å². The van der Waals surface area contributed by atoms with Crippen LogP contribution in [0.25, 0.3) is 0 Å². The van der Waals surface area contributed by atoms with Crippen molar-refractivity contribution in [1.29, 1.82) is 0 Å². The summed E-state index contributed by atoms with van der Waals surface area (Å²) in [5.41, 5.74) is 0.888. The fourth-order valence-corrected chi connectivity index (χ4v) is 3.23. The molecule has 0 N–H and O–H groups in total. The Morgan fingerprint density at radius 1 is 1.29 bits per heavy atom. The van der Waals surface area contributed by atoms with Crippen LogP contribution in [0.5, 0.6) is 0 Å². The fourth-order valence-electron chi connectivity index (χ4n) is 3.23. The molecule has 0 amide bonds. The summed E-state index contributed by atoms with van der Waals surface area (Å²) in [6.07, 6.45) is 17.8. The van der Waals surface area contributed by atoms with Gasteiger partial charge in [0.15, 0.2) is 0 Å². The number of rotatable bonds is 13. The Hall–Kier alpha value is -2.11. The zero-order chi connectivity index (χ0) is 20.6. The van der Waals surface area contributed by atoms with E-state index < -0.39 is 0 Å². The van der Waals surface area contributed by atoms with Gasteiger partial charge in [0.25, 0.3) is 0 Å². The second-order valence-electron chi connectivity index (χ2n) is 7.04. The SMILES string of the molecule is CCCCC/C=C\C[C@@H](/C(C)=N/OC)[C@H](/C=C/C1CCCC(=O)O1)/C=N/OC. The van der Waals surface area contributed by atoms with Crippen LogP contribution in [0.4, 0.5) is 0 Å². The first-order valence-electron chi connectivity index (χ1n) is 10.3. The molecule has 0 saturated carbocycles. The molecule has 0 aromatic heterocycles. The summed E-state index contributed by atoms with van der Waals surface area (Å²) in [5.74, 6) is -0.0942. The molecule has 1 unspecified atom stereocenters. The molecule has 1 rings (SSSR count). The highest BCUT2D eigenvalue weighted by Gasteiger charge is 2.23. The number of carbonyl (C=O) groups is 1. The number of hydrogen-bond donors (Lipinski definition) is 0. The lowest BCUT2D eigenvalue weighted by atomic mass is 9.85. The van der Waals surface area contributed by atoms with Crippen LogP contribution in [0.2, 0.25) is 0 Å². The Bertz CT molecular complexity index is 555. The maximum absolute atomic E-state index is 11.5. The van der Waals surface area contributed by atoms with Gasteiger partial charge in [-0.05, 0) is 45.1 Å². The van der Waals surface area contributed by atoms with Crippen LogP contribution < -0.4 is 0 Å². The summed E-state index contributed by atoms with van der Waals surface area (Å²) in [5, 5.41) is 8.13. The number of oxime groups is 2. The normalized spacial score (nSPS) is 20.6. The number of hydrogen-bond acceptors (Lipinski definition) is 6. The zero-order valence-electron chi connectivity index (χ0n) is 17.8. The first-order valence-corrected chi connectivity index (χ1v) is 10.3. The van der Waals surface area contributed by atoms with Crippen LogP contribution in [0.1, 0.15) is 65.2 Å². The minimum absolute atomic E-state index is 0.0419. The molecule has 1 fully saturated rings. The van der Waals surface area contributed by atoms with Crippen molar-refractivity contribution in [2.75, 3.05) is 14.2 Å². The van der Waals surface area contributed by atoms with Crippen molar-refractivity contribution in [2.24, 2.45) is 22.1 Å². The molecule has 0 aromatic carbocycles. The van der Waals surface area contributed by atoms with Gasteiger partial charge < -0.3 is 14.4 Å². The van der Waals surface area contributed by atoms with Gasteiger partial charge in [-0.25, -0.2) is 0 Å². The standard InChI is InChI=1S/C22H36N2O4/c1-5-6-7-8-9-10-13-21(18(2)24-27-4)19(17-23-26-3)15-16-20-12-11-14-22(25)28-20/h9-10,15-17,19-21H,5-8,11-14H2,1-4H3/b10-9-,16-15+,23-17+,24-18+/t19-,20?,21+/m1/s1. The number of nitrogens with zero attached hydrogens (tertiary/aromatic N) is 2. The fraction of sp³-hybridized carbons (Fsp3) is 0.682. The van der Waals surface area contributed by atoms with Gasteiger partial charge in [0, 0.05) is 18.3 Å². The summed E-state index contributed by atoms with van der Waals surface area (Å²) in [6.45, 7) is 4.17. The van der Waals surface area contributed by atoms with E-state index >= 15 is 0 Å². The topological polar surface area (TPSA) is 69.5 Å². The minimum atomic E-state index is -0.176. The van der Waals surface area contributed by atoms with Crippen LogP contribution in [-0.4, -0.2) is 38.2 Å². The molecule has 0 bridgehead atoms. The molecule has 0 aromatic rings. The molecule has 6 nitrogen and oxygen atoms in total. The van der Waals surface area contributed by atoms with Crippen molar-refractivity contribution in [3.05, 3.63) is 24.3 Å². The molecule has 28 heavy (non-hydrogen) atoms. The van der Waals surface area contributed by atoms with E-state index in [0.29, 0.717) is 6.42 Å². The van der Waals surface area contributed by atoms with Crippen LogP contribution >= 0.6 is 0 Å². The van der Waals surface area contributed by atoms with E-state index in [4.69, 9.17) is 14.4 Å². The predicted molar refractivity (Wildman–Crippen MR) is 113 cm³/mol. The van der Waals surface area contributed by atoms with E-state index in [1.54, 1.807) is 13.3 Å². The summed E-state index contributed by atoms with van der Waals surface area (Å²) in [7, 11) is 3.08. The van der Waals surface area contributed by atoms with E-state index in [0.717, 1.165) is 31.4 Å². The number of carbonyl (C=O) groups excluding carboxylic acids is 1. The molecule has 1 heterocycles. The number of esters is 1. The smallest absolute Gasteiger partial charge is 0.306 e. The molecule has 0 radical (unpaired) electrons. The second kappa shape index (κ2) is 14.9. The highest BCUT2D eigenvalue weighted by molar-refractivity contribution is 5.87. The predicted octanol–water partition coefficient (Wildman–Crippen LogP) is 5.05. The molecule has 1 aliphatic rings. The van der Waals surface area contributed by atoms with Crippen LogP contribution in [0, 0.1) is 11.8 Å². The monoisotopic (exact) mass is 392 g/mol. The van der Waals surface area contributed by atoms with E-state index in [1.165, 1.54) is 26.4 Å². The molecule has 1 aliphatic heterocycles. The lowest BCUT2D eigenvalue weighted by molar-refractivity contribution is -0.150. The Balaban J connectivity index is 2.88. The number of allylic oxidation sites excluding steroid dienone is 3. The zero-order valence-corrected chi connectivity index (χ0v) is 17.8. The Labute approximate surface area is 169 Å². The molecule has 1 saturated heterocycles. The highest BCUT2D eigenvalue weighted by Crippen LogP contribution is 2.22. The third-order valence-electron chi connectivity index (χ3n) is 4.81. The van der Waals surface area contributed by atoms with Crippen molar-refractivity contribution >= 4 is 17.9 Å². The van der Waals surface area contributed by atoms with Gasteiger partial charge >= 0.3 is 5.97 Å². The summed E-state index contributed by atoms with van der Waals surface area (Å²) in [6, 6.07) is 0. The maximum Gasteiger partial charge on any atom is 0.306 e. The van der Waals surface area contributed by atoms with Gasteiger partial charge in [-0.15, -0.1) is 0 Å². The largest absolute Gasteiger partial charge is 0.458 e. The molecular formula is C22H36N2O4. The Kier molecular flexibility index (Phi) is 12.7. The molecule has 3 atom stereocenters. The van der Waals surface area contributed by atoms with Crippen molar-refractivity contribution < 1.29 is 19.2 Å². The van der Waals surface area contributed by atoms with Gasteiger partial charge in [0.1, 0.15) is 20.3 Å². The molecular weight excluding hydrogens is 356 g/mol. The van der Waals surface area contributed by atoms with Crippen molar-refractivity contribution in [3.63, 3.8) is 0 Å².